The van der Waals surface area contributed by atoms with E-state index in [0.29, 0.717) is 11.1 Å². The summed E-state index contributed by atoms with van der Waals surface area (Å²) in [6.07, 6.45) is 0. The van der Waals surface area contributed by atoms with Crippen LogP contribution in [-0.4, -0.2) is 18.3 Å². The molecule has 13 aromatic rings. The van der Waals surface area contributed by atoms with Crippen LogP contribution in [0.3, 0.4) is 0 Å². The van der Waals surface area contributed by atoms with Crippen LogP contribution in [0.5, 0.6) is 0 Å². The van der Waals surface area contributed by atoms with E-state index in [0.717, 1.165) is 110 Å². The summed E-state index contributed by atoms with van der Waals surface area (Å²) < 4.78 is 9.44. The molecule has 6 nitrogen and oxygen atoms in total. The average Bonchev–Trinajstić information content (AvgIpc) is 4.07. The standard InChI is InChI=1S/C56H32N6/c57-33-35-31-51(61-49-25-13-9-21-41(49)45-29-27-43-39-19-7-11-23-47(39)59(53(43)55(45)61)37-15-3-1-4-16-37)52(32-36(35)34-58)62-50-26-14-10-22-42(50)46-30-28-44-40-20-8-12-24-48(40)60(54(44)56(46)62)38-17-5-2-6-18-38/h1-32H. The van der Waals surface area contributed by atoms with Crippen molar-refractivity contribution in [2.45, 2.75) is 0 Å². The molecule has 4 heterocycles. The van der Waals surface area contributed by atoms with E-state index in [-0.39, 0.29) is 0 Å². The fraction of sp³-hybridized carbons (Fsp3) is 0. The van der Waals surface area contributed by atoms with Gasteiger partial charge in [0, 0.05) is 54.5 Å². The van der Waals surface area contributed by atoms with Crippen molar-refractivity contribution < 1.29 is 0 Å². The fourth-order valence-electron chi connectivity index (χ4n) is 10.3. The summed E-state index contributed by atoms with van der Waals surface area (Å²) in [4.78, 5) is 0. The topological polar surface area (TPSA) is 67.3 Å². The van der Waals surface area contributed by atoms with Gasteiger partial charge in [0.05, 0.1) is 66.6 Å². The minimum absolute atomic E-state index is 0.317. The highest BCUT2D eigenvalue weighted by atomic mass is 15.1. The second-order valence-corrected chi connectivity index (χ2v) is 15.9. The maximum Gasteiger partial charge on any atom is 0.101 e. The lowest BCUT2D eigenvalue weighted by atomic mass is 10.1. The van der Waals surface area contributed by atoms with Crippen molar-refractivity contribution in [3.05, 3.63) is 205 Å². The molecule has 0 aliphatic carbocycles. The summed E-state index contributed by atoms with van der Waals surface area (Å²) in [7, 11) is 0. The van der Waals surface area contributed by atoms with Gasteiger partial charge in [-0.2, -0.15) is 10.5 Å². The maximum absolute atomic E-state index is 10.8. The van der Waals surface area contributed by atoms with Gasteiger partial charge in [-0.1, -0.05) is 133 Å². The van der Waals surface area contributed by atoms with E-state index in [1.165, 1.54) is 0 Å². The third-order valence-electron chi connectivity index (χ3n) is 12.8. The van der Waals surface area contributed by atoms with Crippen LogP contribution in [0.2, 0.25) is 0 Å². The molecule has 0 bridgehead atoms. The lowest BCUT2D eigenvalue weighted by Gasteiger charge is -2.19. The zero-order valence-corrected chi connectivity index (χ0v) is 33.2. The first-order chi connectivity index (χ1) is 30.7. The molecule has 286 valence electrons. The Morgan fingerprint density at radius 1 is 0.274 bits per heavy atom. The minimum Gasteiger partial charge on any atom is -0.307 e. The molecule has 4 aromatic heterocycles. The lowest BCUT2D eigenvalue weighted by Crippen LogP contribution is -2.07. The molecule has 0 saturated heterocycles. The van der Waals surface area contributed by atoms with Crippen LogP contribution in [0.15, 0.2) is 194 Å². The molecule has 6 heteroatoms. The SMILES string of the molecule is N#Cc1cc(-n2c3ccccc3c3ccc4c5ccccc5n(-c5ccccc5)c4c32)c(-n2c3ccccc3c3ccc4c5ccccc5n(-c5ccccc5)c4c32)cc1C#N. The third-order valence-corrected chi connectivity index (χ3v) is 12.8. The molecule has 13 rings (SSSR count). The molecule has 0 aliphatic rings. The largest absolute Gasteiger partial charge is 0.307 e. The maximum atomic E-state index is 10.8. The predicted molar refractivity (Wildman–Crippen MR) is 253 cm³/mol. The number of hydrogen-bond acceptors (Lipinski definition) is 2. The number of hydrogen-bond donors (Lipinski definition) is 0. The number of para-hydroxylation sites is 6. The Balaban J connectivity index is 1.28. The predicted octanol–water partition coefficient (Wildman–Crippen LogP) is 13.8. The van der Waals surface area contributed by atoms with Gasteiger partial charge in [0.15, 0.2) is 0 Å². The van der Waals surface area contributed by atoms with Crippen molar-refractivity contribution in [1.82, 2.24) is 18.3 Å². The number of rotatable bonds is 4. The van der Waals surface area contributed by atoms with E-state index in [4.69, 9.17) is 0 Å². The normalized spacial score (nSPS) is 11.8. The highest BCUT2D eigenvalue weighted by Gasteiger charge is 2.27. The van der Waals surface area contributed by atoms with Crippen molar-refractivity contribution >= 4 is 87.2 Å². The summed E-state index contributed by atoms with van der Waals surface area (Å²) in [5.74, 6) is 0. The zero-order chi connectivity index (χ0) is 41.1. The van der Waals surface area contributed by atoms with Crippen LogP contribution in [-0.2, 0) is 0 Å². The summed E-state index contributed by atoms with van der Waals surface area (Å²) in [5, 5.41) is 30.5. The monoisotopic (exact) mass is 788 g/mol. The first-order valence-electron chi connectivity index (χ1n) is 20.7. The van der Waals surface area contributed by atoms with Crippen LogP contribution in [0.1, 0.15) is 11.1 Å². The van der Waals surface area contributed by atoms with Gasteiger partial charge in [-0.3, -0.25) is 0 Å². The summed E-state index contributed by atoms with van der Waals surface area (Å²) >= 11 is 0. The van der Waals surface area contributed by atoms with Crippen LogP contribution < -0.4 is 0 Å². The van der Waals surface area contributed by atoms with Crippen LogP contribution in [0.4, 0.5) is 0 Å². The van der Waals surface area contributed by atoms with Crippen LogP contribution >= 0.6 is 0 Å². The van der Waals surface area contributed by atoms with Crippen LogP contribution in [0, 0.1) is 22.7 Å². The van der Waals surface area contributed by atoms with E-state index in [1.54, 1.807) is 0 Å². The fourth-order valence-corrected chi connectivity index (χ4v) is 10.3. The Kier molecular flexibility index (Phi) is 7.05. The highest BCUT2D eigenvalue weighted by Crippen LogP contribution is 2.46. The number of nitriles is 2. The lowest BCUT2D eigenvalue weighted by molar-refractivity contribution is 1.08. The molecule has 62 heavy (non-hydrogen) atoms. The van der Waals surface area contributed by atoms with Gasteiger partial charge >= 0.3 is 0 Å². The van der Waals surface area contributed by atoms with E-state index in [1.807, 2.05) is 12.1 Å². The second kappa shape index (κ2) is 12.8. The van der Waals surface area contributed by atoms with Crippen molar-refractivity contribution in [1.29, 1.82) is 10.5 Å². The van der Waals surface area contributed by atoms with Crippen molar-refractivity contribution in [2.24, 2.45) is 0 Å². The molecule has 0 fully saturated rings. The Morgan fingerprint density at radius 3 is 0.871 bits per heavy atom. The summed E-state index contributed by atoms with van der Waals surface area (Å²) in [5.41, 5.74) is 12.7. The van der Waals surface area contributed by atoms with Gasteiger partial charge in [-0.25, -0.2) is 0 Å². The molecule has 0 spiro atoms. The molecule has 0 unspecified atom stereocenters. The van der Waals surface area contributed by atoms with Gasteiger partial charge in [0.2, 0.25) is 0 Å². The number of nitrogens with zero attached hydrogens (tertiary/aromatic N) is 6. The summed E-state index contributed by atoms with van der Waals surface area (Å²) in [6.45, 7) is 0. The number of fused-ring (bicyclic) bond motifs is 14. The molecular weight excluding hydrogens is 757 g/mol. The van der Waals surface area contributed by atoms with Gasteiger partial charge in [0.1, 0.15) is 12.1 Å². The van der Waals surface area contributed by atoms with Gasteiger partial charge < -0.3 is 18.3 Å². The van der Waals surface area contributed by atoms with E-state index in [2.05, 4.69) is 212 Å². The smallest absolute Gasteiger partial charge is 0.101 e. The van der Waals surface area contributed by atoms with Gasteiger partial charge in [-0.05, 0) is 60.7 Å². The first kappa shape index (κ1) is 34.1. The van der Waals surface area contributed by atoms with Gasteiger partial charge in [-0.15, -0.1) is 0 Å². The molecular formula is C56H32N6. The number of aromatic nitrogens is 4. The minimum atomic E-state index is 0.317. The average molecular weight is 789 g/mol. The van der Waals surface area contributed by atoms with E-state index < -0.39 is 0 Å². The van der Waals surface area contributed by atoms with E-state index in [9.17, 15) is 10.5 Å². The molecule has 0 radical (unpaired) electrons. The van der Waals surface area contributed by atoms with Gasteiger partial charge in [0.25, 0.3) is 0 Å². The van der Waals surface area contributed by atoms with Crippen molar-refractivity contribution in [2.75, 3.05) is 0 Å². The Bertz CT molecular complexity index is 3840. The molecule has 0 aliphatic heterocycles. The molecule has 0 saturated carbocycles. The molecule has 9 aromatic carbocycles. The second-order valence-electron chi connectivity index (χ2n) is 15.9. The third kappa shape index (κ3) is 4.50. The zero-order valence-electron chi connectivity index (χ0n) is 33.2. The Morgan fingerprint density at radius 2 is 0.548 bits per heavy atom. The van der Waals surface area contributed by atoms with Crippen LogP contribution in [0.25, 0.3) is 110 Å². The number of benzene rings is 9. The Labute approximate surface area is 354 Å². The van der Waals surface area contributed by atoms with E-state index >= 15 is 0 Å². The highest BCUT2D eigenvalue weighted by molar-refractivity contribution is 6.26. The van der Waals surface area contributed by atoms with Crippen molar-refractivity contribution in [3.63, 3.8) is 0 Å². The summed E-state index contributed by atoms with van der Waals surface area (Å²) in [6, 6.07) is 73.0. The Hall–Kier alpha value is -8.84. The molecule has 0 amide bonds. The molecule has 0 atom stereocenters. The quantitative estimate of drug-likeness (QED) is 0.178. The first-order valence-corrected chi connectivity index (χ1v) is 20.7. The van der Waals surface area contributed by atoms with Crippen molar-refractivity contribution in [3.8, 4) is 34.9 Å². The molecule has 0 N–H and O–H groups in total.